The van der Waals surface area contributed by atoms with Crippen molar-refractivity contribution in [1.82, 2.24) is 0 Å². The van der Waals surface area contributed by atoms with Gasteiger partial charge in [0.05, 0.1) is 4.88 Å². The molecule has 0 saturated heterocycles. The van der Waals surface area contributed by atoms with E-state index in [4.69, 9.17) is 23.2 Å². The van der Waals surface area contributed by atoms with Crippen LogP contribution >= 0.6 is 34.5 Å². The van der Waals surface area contributed by atoms with Crippen LogP contribution < -0.4 is 0 Å². The predicted molar refractivity (Wildman–Crippen MR) is 57.0 cm³/mol. The van der Waals surface area contributed by atoms with Crippen LogP contribution in [-0.4, -0.2) is 5.24 Å². The first-order valence-electron chi connectivity index (χ1n) is 3.56. The summed E-state index contributed by atoms with van der Waals surface area (Å²) in [5, 5.41) is 1.21. The molecule has 0 radical (unpaired) electrons. The van der Waals surface area contributed by atoms with Crippen LogP contribution in [0.25, 0.3) is 10.1 Å². The Morgan fingerprint density at radius 2 is 2.08 bits per heavy atom. The smallest absolute Gasteiger partial charge is 0.262 e. The van der Waals surface area contributed by atoms with Crippen molar-refractivity contribution in [2.24, 2.45) is 0 Å². The number of carbonyl (C=O) groups is 1. The Morgan fingerprint density at radius 3 is 2.77 bits per heavy atom. The van der Waals surface area contributed by atoms with Crippen LogP contribution in [-0.2, 0) is 0 Å². The molecule has 0 fully saturated rings. The number of fused-ring (bicyclic) bond motifs is 1. The second-order valence-corrected chi connectivity index (χ2v) is 4.43. The average molecular weight is 231 g/mol. The Kier molecular flexibility index (Phi) is 2.28. The van der Waals surface area contributed by atoms with Gasteiger partial charge in [-0.2, -0.15) is 0 Å². The third kappa shape index (κ3) is 1.70. The van der Waals surface area contributed by atoms with E-state index in [1.54, 1.807) is 12.1 Å². The largest absolute Gasteiger partial charge is 0.275 e. The number of carbonyl (C=O) groups excluding carboxylic acids is 1. The molecule has 0 amide bonds. The van der Waals surface area contributed by atoms with Gasteiger partial charge >= 0.3 is 0 Å². The Labute approximate surface area is 88.9 Å². The van der Waals surface area contributed by atoms with Gasteiger partial charge < -0.3 is 0 Å². The SMILES string of the molecule is O=C(Cl)c1cc2cc(Cl)ccc2s1. The van der Waals surface area contributed by atoms with E-state index in [0.717, 1.165) is 10.1 Å². The summed E-state index contributed by atoms with van der Waals surface area (Å²) in [5.41, 5.74) is 0. The van der Waals surface area contributed by atoms with Gasteiger partial charge in [-0.05, 0) is 41.3 Å². The van der Waals surface area contributed by atoms with Gasteiger partial charge in [0.2, 0.25) is 0 Å². The zero-order valence-corrected chi connectivity index (χ0v) is 8.71. The second kappa shape index (κ2) is 3.29. The first-order chi connectivity index (χ1) is 6.16. The monoisotopic (exact) mass is 230 g/mol. The van der Waals surface area contributed by atoms with Crippen molar-refractivity contribution in [1.29, 1.82) is 0 Å². The van der Waals surface area contributed by atoms with Crippen LogP contribution in [0.3, 0.4) is 0 Å². The highest BCUT2D eigenvalue weighted by molar-refractivity contribution is 7.22. The maximum Gasteiger partial charge on any atom is 0.262 e. The highest BCUT2D eigenvalue weighted by Gasteiger charge is 2.07. The lowest BCUT2D eigenvalue weighted by Crippen LogP contribution is -1.78. The molecule has 0 atom stereocenters. The Morgan fingerprint density at radius 1 is 1.31 bits per heavy atom. The van der Waals surface area contributed by atoms with E-state index in [9.17, 15) is 4.79 Å². The van der Waals surface area contributed by atoms with E-state index in [-0.39, 0.29) is 0 Å². The summed E-state index contributed by atoms with van der Waals surface area (Å²) < 4.78 is 1.02. The van der Waals surface area contributed by atoms with Crippen molar-refractivity contribution in [2.75, 3.05) is 0 Å². The van der Waals surface area contributed by atoms with Crippen molar-refractivity contribution in [3.63, 3.8) is 0 Å². The topological polar surface area (TPSA) is 17.1 Å². The maximum atomic E-state index is 10.8. The summed E-state index contributed by atoms with van der Waals surface area (Å²) in [6.45, 7) is 0. The molecule has 66 valence electrons. The van der Waals surface area contributed by atoms with Crippen LogP contribution in [0.2, 0.25) is 5.02 Å². The highest BCUT2D eigenvalue weighted by Crippen LogP contribution is 2.28. The van der Waals surface area contributed by atoms with E-state index in [0.29, 0.717) is 9.90 Å². The number of thiophene rings is 1. The molecule has 0 saturated carbocycles. The van der Waals surface area contributed by atoms with Gasteiger partial charge in [-0.3, -0.25) is 4.79 Å². The molecule has 1 aromatic carbocycles. The summed E-state index contributed by atoms with van der Waals surface area (Å²) in [4.78, 5) is 11.4. The van der Waals surface area contributed by atoms with Crippen LogP contribution in [0.4, 0.5) is 0 Å². The molecule has 2 rings (SSSR count). The molecule has 0 spiro atoms. The normalized spacial score (nSPS) is 10.6. The number of rotatable bonds is 1. The summed E-state index contributed by atoms with van der Waals surface area (Å²) >= 11 is 12.5. The maximum absolute atomic E-state index is 10.8. The molecule has 0 aliphatic carbocycles. The Balaban J connectivity index is 2.68. The molecule has 1 heterocycles. The van der Waals surface area contributed by atoms with Crippen molar-refractivity contribution in [3.05, 3.63) is 34.2 Å². The Bertz CT molecular complexity index is 475. The molecule has 2 aromatic rings. The van der Waals surface area contributed by atoms with E-state index >= 15 is 0 Å². The van der Waals surface area contributed by atoms with Crippen molar-refractivity contribution in [2.45, 2.75) is 0 Å². The van der Waals surface area contributed by atoms with Gasteiger partial charge in [0, 0.05) is 9.72 Å². The van der Waals surface area contributed by atoms with Gasteiger partial charge in [0.25, 0.3) is 5.24 Å². The van der Waals surface area contributed by atoms with Gasteiger partial charge in [-0.1, -0.05) is 11.6 Å². The predicted octanol–water partition coefficient (Wildman–Crippen LogP) is 3.93. The number of hydrogen-bond donors (Lipinski definition) is 0. The molecule has 0 aliphatic heterocycles. The number of hydrogen-bond acceptors (Lipinski definition) is 2. The molecule has 13 heavy (non-hydrogen) atoms. The van der Waals surface area contributed by atoms with Crippen molar-refractivity contribution >= 4 is 49.9 Å². The van der Waals surface area contributed by atoms with Crippen LogP contribution in [0.1, 0.15) is 9.67 Å². The van der Waals surface area contributed by atoms with Gasteiger partial charge in [0.15, 0.2) is 0 Å². The first-order valence-corrected chi connectivity index (χ1v) is 5.13. The van der Waals surface area contributed by atoms with E-state index in [1.165, 1.54) is 11.3 Å². The van der Waals surface area contributed by atoms with Gasteiger partial charge in [-0.25, -0.2) is 0 Å². The fourth-order valence-electron chi connectivity index (χ4n) is 1.11. The summed E-state index contributed by atoms with van der Waals surface area (Å²) in [7, 11) is 0. The lowest BCUT2D eigenvalue weighted by atomic mass is 10.2. The van der Waals surface area contributed by atoms with Gasteiger partial charge in [0.1, 0.15) is 0 Å². The van der Waals surface area contributed by atoms with E-state index < -0.39 is 5.24 Å². The van der Waals surface area contributed by atoms with E-state index in [1.807, 2.05) is 12.1 Å². The van der Waals surface area contributed by atoms with Crippen molar-refractivity contribution < 1.29 is 4.79 Å². The third-order valence-electron chi connectivity index (χ3n) is 1.67. The molecule has 0 aliphatic rings. The highest BCUT2D eigenvalue weighted by atomic mass is 35.5. The number of benzene rings is 1. The van der Waals surface area contributed by atoms with Gasteiger partial charge in [-0.15, -0.1) is 11.3 Å². The summed E-state index contributed by atoms with van der Waals surface area (Å²) in [5.74, 6) is 0. The second-order valence-electron chi connectivity index (χ2n) is 2.57. The lowest BCUT2D eigenvalue weighted by molar-refractivity contribution is 0.108. The molecule has 0 bridgehead atoms. The fraction of sp³-hybridized carbons (Fsp3) is 0. The molecule has 0 unspecified atom stereocenters. The average Bonchev–Trinajstić information content (AvgIpc) is 2.46. The number of halogens is 2. The van der Waals surface area contributed by atoms with Crippen LogP contribution in [0.15, 0.2) is 24.3 Å². The molecule has 0 N–H and O–H groups in total. The van der Waals surface area contributed by atoms with Crippen LogP contribution in [0, 0.1) is 0 Å². The fourth-order valence-corrected chi connectivity index (χ4v) is 2.34. The standard InChI is InChI=1S/C9H4Cl2OS/c10-6-1-2-7-5(3-6)4-8(13-7)9(11)12/h1-4H. The Hall–Kier alpha value is -0.570. The third-order valence-corrected chi connectivity index (χ3v) is 3.34. The van der Waals surface area contributed by atoms with Crippen LogP contribution in [0.5, 0.6) is 0 Å². The minimum atomic E-state index is -0.419. The minimum Gasteiger partial charge on any atom is -0.275 e. The molecule has 1 aromatic heterocycles. The quantitative estimate of drug-likeness (QED) is 0.679. The minimum absolute atomic E-state index is 0.419. The van der Waals surface area contributed by atoms with Crippen molar-refractivity contribution in [3.8, 4) is 0 Å². The zero-order valence-electron chi connectivity index (χ0n) is 6.38. The molecule has 4 heteroatoms. The summed E-state index contributed by atoms with van der Waals surface area (Å²) in [6, 6.07) is 7.24. The molecule has 1 nitrogen and oxygen atoms in total. The first kappa shape index (κ1) is 9.00. The summed E-state index contributed by atoms with van der Waals surface area (Å²) in [6.07, 6.45) is 0. The van der Waals surface area contributed by atoms with E-state index in [2.05, 4.69) is 0 Å². The molecular formula is C9H4Cl2OS. The lowest BCUT2D eigenvalue weighted by Gasteiger charge is -1.87. The zero-order chi connectivity index (χ0) is 9.42. The molecular weight excluding hydrogens is 227 g/mol.